The largest absolute Gasteiger partial charge is 0.493 e. The summed E-state index contributed by atoms with van der Waals surface area (Å²) in [6, 6.07) is 7.33. The number of rotatable bonds is 9. The molecular weight excluding hydrogens is 558 g/mol. The molecule has 11 nitrogen and oxygen atoms in total. The van der Waals surface area contributed by atoms with Gasteiger partial charge >= 0.3 is 11.9 Å². The van der Waals surface area contributed by atoms with Crippen LogP contribution < -0.4 is 23.7 Å². The molecule has 0 aromatic heterocycles. The van der Waals surface area contributed by atoms with E-state index in [1.54, 1.807) is 33.5 Å². The van der Waals surface area contributed by atoms with Crippen molar-refractivity contribution in [2.24, 2.45) is 17.8 Å². The standard InChI is InChI=1S/C32H41NO10/c1-36-23-10-17-8-9-33-16-19-13-27(43-31(34)18-11-25(38-3)29(40-5)26(12-18)39-4)30(41-6)28(32(35)42-7)21(19)14-22(33)20(17)15-24(23)37-2/h10-12,15,19,21-22,27-28,30H,8-9,13-14,16H2,1-7H3. The molecule has 5 rings (SSSR count). The number of hydrogen-bond acceptors (Lipinski definition) is 11. The number of carbonyl (C=O) groups is 2. The smallest absolute Gasteiger partial charge is 0.338 e. The van der Waals surface area contributed by atoms with Gasteiger partial charge in [-0.25, -0.2) is 4.79 Å². The average Bonchev–Trinajstić information content (AvgIpc) is 3.04. The second-order valence-electron chi connectivity index (χ2n) is 11.2. The van der Waals surface area contributed by atoms with Crippen molar-refractivity contribution < 1.29 is 47.5 Å². The Kier molecular flexibility index (Phi) is 9.22. The van der Waals surface area contributed by atoms with Gasteiger partial charge in [-0.1, -0.05) is 0 Å². The maximum absolute atomic E-state index is 13.5. The molecule has 0 amide bonds. The summed E-state index contributed by atoms with van der Waals surface area (Å²) < 4.78 is 44.7. The van der Waals surface area contributed by atoms with Crippen LogP contribution in [0.5, 0.6) is 28.7 Å². The first kappa shape index (κ1) is 30.7. The minimum Gasteiger partial charge on any atom is -0.493 e. The quantitative estimate of drug-likeness (QED) is 0.394. The second kappa shape index (κ2) is 12.9. The summed E-state index contributed by atoms with van der Waals surface area (Å²) in [7, 11) is 10.7. The van der Waals surface area contributed by atoms with E-state index in [0.717, 1.165) is 25.9 Å². The molecule has 0 radical (unpaired) electrons. The summed E-state index contributed by atoms with van der Waals surface area (Å²) in [6.45, 7) is 1.63. The van der Waals surface area contributed by atoms with Gasteiger partial charge in [0.05, 0.1) is 54.1 Å². The van der Waals surface area contributed by atoms with Gasteiger partial charge in [0, 0.05) is 26.2 Å². The number of ether oxygens (including phenoxy) is 8. The Hall–Kier alpha value is -3.70. The fourth-order valence-corrected chi connectivity index (χ4v) is 7.32. The summed E-state index contributed by atoms with van der Waals surface area (Å²) in [4.78, 5) is 29.4. The predicted molar refractivity (Wildman–Crippen MR) is 155 cm³/mol. The third kappa shape index (κ3) is 5.56. The van der Waals surface area contributed by atoms with Gasteiger partial charge in [-0.15, -0.1) is 0 Å². The van der Waals surface area contributed by atoms with Crippen LogP contribution in [0.1, 0.15) is 40.4 Å². The highest BCUT2D eigenvalue weighted by Gasteiger charge is 2.54. The third-order valence-electron chi connectivity index (χ3n) is 9.30. The first-order chi connectivity index (χ1) is 20.8. The van der Waals surface area contributed by atoms with Crippen molar-refractivity contribution in [2.45, 2.75) is 37.5 Å². The van der Waals surface area contributed by atoms with Gasteiger partial charge in [0.2, 0.25) is 5.75 Å². The van der Waals surface area contributed by atoms with Gasteiger partial charge in [-0.05, 0) is 66.5 Å². The summed E-state index contributed by atoms with van der Waals surface area (Å²) in [5.74, 6) is 0.953. The predicted octanol–water partition coefficient (Wildman–Crippen LogP) is 3.70. The summed E-state index contributed by atoms with van der Waals surface area (Å²) in [6.07, 6.45) is 0.819. The monoisotopic (exact) mass is 599 g/mol. The normalized spacial score (nSPS) is 26.2. The maximum Gasteiger partial charge on any atom is 0.338 e. The highest BCUT2D eigenvalue weighted by atomic mass is 16.6. The molecule has 2 heterocycles. The molecule has 6 atom stereocenters. The summed E-state index contributed by atoms with van der Waals surface area (Å²) in [5.41, 5.74) is 2.65. The van der Waals surface area contributed by atoms with Crippen molar-refractivity contribution in [1.29, 1.82) is 0 Å². The molecule has 2 aromatic carbocycles. The van der Waals surface area contributed by atoms with Crippen molar-refractivity contribution in [2.75, 3.05) is 62.9 Å². The lowest BCUT2D eigenvalue weighted by molar-refractivity contribution is -0.176. The third-order valence-corrected chi connectivity index (χ3v) is 9.30. The number of carbonyl (C=O) groups excluding carboxylic acids is 2. The van der Waals surface area contributed by atoms with Crippen molar-refractivity contribution >= 4 is 11.9 Å². The molecule has 3 aliphatic rings. The van der Waals surface area contributed by atoms with Crippen LogP contribution >= 0.6 is 0 Å². The van der Waals surface area contributed by atoms with Crippen LogP contribution in [0.15, 0.2) is 24.3 Å². The van der Waals surface area contributed by atoms with Crippen molar-refractivity contribution in [1.82, 2.24) is 4.90 Å². The molecule has 2 aliphatic heterocycles. The lowest BCUT2D eigenvalue weighted by Crippen LogP contribution is -2.58. The Balaban J connectivity index is 1.44. The van der Waals surface area contributed by atoms with E-state index >= 15 is 0 Å². The zero-order valence-electron chi connectivity index (χ0n) is 25.8. The first-order valence-electron chi connectivity index (χ1n) is 14.4. The van der Waals surface area contributed by atoms with Crippen LogP contribution in [0.4, 0.5) is 0 Å². The van der Waals surface area contributed by atoms with Gasteiger partial charge in [-0.3, -0.25) is 9.69 Å². The molecule has 2 fully saturated rings. The second-order valence-corrected chi connectivity index (χ2v) is 11.2. The van der Waals surface area contributed by atoms with E-state index in [2.05, 4.69) is 17.0 Å². The summed E-state index contributed by atoms with van der Waals surface area (Å²) in [5, 5.41) is 0. The maximum atomic E-state index is 13.5. The number of nitrogens with zero attached hydrogens (tertiary/aromatic N) is 1. The number of esters is 2. The highest BCUT2D eigenvalue weighted by molar-refractivity contribution is 5.91. The van der Waals surface area contributed by atoms with E-state index in [0.29, 0.717) is 35.2 Å². The molecule has 0 bridgehead atoms. The molecule has 2 aromatic rings. The number of benzene rings is 2. The molecule has 6 unspecified atom stereocenters. The van der Waals surface area contributed by atoms with Crippen LogP contribution in [0.3, 0.4) is 0 Å². The number of hydrogen-bond donors (Lipinski definition) is 0. The fourth-order valence-electron chi connectivity index (χ4n) is 7.32. The Labute approximate surface area is 252 Å². The summed E-state index contributed by atoms with van der Waals surface area (Å²) >= 11 is 0. The van der Waals surface area contributed by atoms with Gasteiger partial charge in [0.15, 0.2) is 23.0 Å². The Morgan fingerprint density at radius 2 is 1.44 bits per heavy atom. The SMILES string of the molecule is COC(=O)C1C2CC3c4cc(OC)c(OC)cc4CCN3CC2CC(OC(=O)c2cc(OC)c(OC)c(OC)c2)C1OC. The van der Waals surface area contributed by atoms with E-state index in [1.807, 2.05) is 0 Å². The van der Waals surface area contributed by atoms with Crippen molar-refractivity contribution in [3.8, 4) is 28.7 Å². The van der Waals surface area contributed by atoms with E-state index < -0.39 is 24.1 Å². The van der Waals surface area contributed by atoms with Crippen LogP contribution in [0, 0.1) is 17.8 Å². The number of piperidine rings is 1. The molecule has 43 heavy (non-hydrogen) atoms. The van der Waals surface area contributed by atoms with E-state index in [4.69, 9.17) is 37.9 Å². The van der Waals surface area contributed by atoms with E-state index in [9.17, 15) is 9.59 Å². The molecule has 234 valence electrons. The lowest BCUT2D eigenvalue weighted by atomic mass is 9.63. The Bertz CT molecular complexity index is 1320. The topological polar surface area (TPSA) is 111 Å². The molecule has 0 N–H and O–H groups in total. The van der Waals surface area contributed by atoms with Gasteiger partial charge < -0.3 is 37.9 Å². The zero-order chi connectivity index (χ0) is 30.8. The van der Waals surface area contributed by atoms with Crippen molar-refractivity contribution in [3.63, 3.8) is 0 Å². The molecule has 1 saturated carbocycles. The number of methoxy groups -OCH3 is 7. The van der Waals surface area contributed by atoms with Crippen LogP contribution in [-0.4, -0.2) is 91.9 Å². The first-order valence-corrected chi connectivity index (χ1v) is 14.4. The van der Waals surface area contributed by atoms with Crippen LogP contribution in [-0.2, 0) is 25.4 Å². The average molecular weight is 600 g/mol. The fraction of sp³-hybridized carbons (Fsp3) is 0.562. The van der Waals surface area contributed by atoms with Crippen molar-refractivity contribution in [3.05, 3.63) is 41.0 Å². The Morgan fingerprint density at radius 3 is 2.02 bits per heavy atom. The minimum absolute atomic E-state index is 0.0335. The minimum atomic E-state index is -0.681. The lowest BCUT2D eigenvalue weighted by Gasteiger charge is -2.53. The van der Waals surface area contributed by atoms with Gasteiger partial charge in [0.25, 0.3) is 0 Å². The van der Waals surface area contributed by atoms with Crippen LogP contribution in [0.2, 0.25) is 0 Å². The zero-order valence-corrected chi connectivity index (χ0v) is 25.8. The highest BCUT2D eigenvalue weighted by Crippen LogP contribution is 2.51. The number of fused-ring (bicyclic) bond motifs is 4. The Morgan fingerprint density at radius 1 is 0.791 bits per heavy atom. The van der Waals surface area contributed by atoms with E-state index in [-0.39, 0.29) is 29.4 Å². The van der Waals surface area contributed by atoms with Gasteiger partial charge in [-0.2, -0.15) is 0 Å². The van der Waals surface area contributed by atoms with E-state index in [1.165, 1.54) is 39.6 Å². The molecule has 11 heteroatoms. The molecule has 1 aliphatic carbocycles. The van der Waals surface area contributed by atoms with Gasteiger partial charge in [0.1, 0.15) is 12.2 Å². The molecule has 0 spiro atoms. The van der Waals surface area contributed by atoms with Crippen LogP contribution in [0.25, 0.3) is 0 Å². The molecular formula is C32H41NO10. The molecule has 1 saturated heterocycles.